The first-order chi connectivity index (χ1) is 5.99. The molecular formula is C6H10N3O3P. The predicted molar refractivity (Wildman–Crippen MR) is 47.0 cm³/mol. The van der Waals surface area contributed by atoms with E-state index in [-0.39, 0.29) is 12.0 Å². The highest BCUT2D eigenvalue weighted by Crippen LogP contribution is 2.21. The Hall–Kier alpha value is -1.10. The maximum atomic E-state index is 11.1. The fourth-order valence-corrected chi connectivity index (χ4v) is 1.08. The molecule has 72 valence electrons. The highest BCUT2D eigenvalue weighted by molar-refractivity contribution is 7.58. The van der Waals surface area contributed by atoms with Crippen LogP contribution in [0.2, 0.25) is 0 Å². The van der Waals surface area contributed by atoms with Gasteiger partial charge in [-0.2, -0.15) is 0 Å². The van der Waals surface area contributed by atoms with Crippen LogP contribution in [0.3, 0.4) is 0 Å². The molecule has 1 aromatic heterocycles. The standard InChI is InChI=1S/C6H10N3O3P/c7-13(8,11)4-9-6(10)5-2-1-3-12-5/h1-3H,4H2,(H,9,10)(H4,7,8,11). The zero-order valence-corrected chi connectivity index (χ0v) is 7.66. The first-order valence-electron chi connectivity index (χ1n) is 3.47. The maximum Gasteiger partial charge on any atom is 0.287 e. The van der Waals surface area contributed by atoms with Crippen LogP contribution in [0.5, 0.6) is 0 Å². The normalized spacial score (nSPS) is 11.2. The minimum Gasteiger partial charge on any atom is -0.459 e. The van der Waals surface area contributed by atoms with E-state index in [4.69, 9.17) is 15.4 Å². The molecule has 5 N–H and O–H groups in total. The van der Waals surface area contributed by atoms with Gasteiger partial charge in [0.15, 0.2) is 5.76 Å². The van der Waals surface area contributed by atoms with Crippen molar-refractivity contribution in [2.45, 2.75) is 0 Å². The monoisotopic (exact) mass is 203 g/mol. The summed E-state index contributed by atoms with van der Waals surface area (Å²) in [6.45, 7) is 0. The molecule has 1 heterocycles. The second-order valence-corrected chi connectivity index (χ2v) is 4.52. The van der Waals surface area contributed by atoms with Crippen molar-refractivity contribution in [3.8, 4) is 0 Å². The SMILES string of the molecule is NP(N)(=O)CNC(=O)c1ccco1. The summed E-state index contributed by atoms with van der Waals surface area (Å²) in [6.07, 6.45) is 1.12. The number of hydrogen-bond donors (Lipinski definition) is 3. The largest absolute Gasteiger partial charge is 0.459 e. The van der Waals surface area contributed by atoms with Crippen LogP contribution in [0.1, 0.15) is 10.6 Å². The number of furan rings is 1. The molecule has 0 aromatic carbocycles. The third-order valence-electron chi connectivity index (χ3n) is 1.23. The van der Waals surface area contributed by atoms with Crippen molar-refractivity contribution in [2.75, 3.05) is 6.29 Å². The van der Waals surface area contributed by atoms with Gasteiger partial charge in [0.05, 0.1) is 12.5 Å². The second-order valence-electron chi connectivity index (χ2n) is 2.50. The maximum absolute atomic E-state index is 11.1. The van der Waals surface area contributed by atoms with Gasteiger partial charge in [-0.05, 0) is 12.1 Å². The molecule has 0 bridgehead atoms. The fraction of sp³-hybridized carbons (Fsp3) is 0.167. The van der Waals surface area contributed by atoms with E-state index in [1.165, 1.54) is 12.3 Å². The molecule has 0 fully saturated rings. The molecule has 0 saturated heterocycles. The molecule has 7 heteroatoms. The van der Waals surface area contributed by atoms with Gasteiger partial charge in [-0.3, -0.25) is 20.4 Å². The lowest BCUT2D eigenvalue weighted by Crippen LogP contribution is -2.28. The Balaban J connectivity index is 2.49. The lowest BCUT2D eigenvalue weighted by molar-refractivity contribution is 0.0932. The van der Waals surface area contributed by atoms with Gasteiger partial charge >= 0.3 is 0 Å². The molecule has 0 atom stereocenters. The Morgan fingerprint density at radius 3 is 2.77 bits per heavy atom. The topological polar surface area (TPSA) is 111 Å². The van der Waals surface area contributed by atoms with Crippen molar-refractivity contribution < 1.29 is 13.8 Å². The van der Waals surface area contributed by atoms with Crippen LogP contribution >= 0.6 is 7.44 Å². The molecule has 1 amide bonds. The van der Waals surface area contributed by atoms with Crippen LogP contribution < -0.4 is 16.3 Å². The van der Waals surface area contributed by atoms with Gasteiger partial charge < -0.3 is 9.73 Å². The van der Waals surface area contributed by atoms with Crippen LogP contribution in [0.15, 0.2) is 22.8 Å². The number of carbonyl (C=O) groups excluding carboxylic acids is 1. The molecule has 1 aromatic rings. The van der Waals surface area contributed by atoms with E-state index < -0.39 is 13.4 Å². The zero-order valence-electron chi connectivity index (χ0n) is 6.77. The first kappa shape index (κ1) is 9.98. The Bertz CT molecular complexity index is 329. The molecule has 13 heavy (non-hydrogen) atoms. The number of amides is 1. The number of nitrogens with two attached hydrogens (primary N) is 2. The van der Waals surface area contributed by atoms with Crippen molar-refractivity contribution in [1.82, 2.24) is 5.32 Å². The number of hydrogen-bond acceptors (Lipinski definition) is 3. The van der Waals surface area contributed by atoms with Gasteiger partial charge in [-0.25, -0.2) is 0 Å². The van der Waals surface area contributed by atoms with Gasteiger partial charge in [0.2, 0.25) is 7.44 Å². The molecule has 1 rings (SSSR count). The summed E-state index contributed by atoms with van der Waals surface area (Å²) in [4.78, 5) is 11.1. The minimum absolute atomic E-state index is 0.133. The summed E-state index contributed by atoms with van der Waals surface area (Å²) in [7, 11) is -3.19. The van der Waals surface area contributed by atoms with Crippen LogP contribution in [0, 0.1) is 0 Å². The van der Waals surface area contributed by atoms with E-state index in [2.05, 4.69) is 5.32 Å². The highest BCUT2D eigenvalue weighted by atomic mass is 31.2. The van der Waals surface area contributed by atoms with Crippen LogP contribution in [-0.4, -0.2) is 12.2 Å². The van der Waals surface area contributed by atoms with Gasteiger partial charge in [0.1, 0.15) is 0 Å². The van der Waals surface area contributed by atoms with Gasteiger partial charge in [0.25, 0.3) is 5.91 Å². The fourth-order valence-electron chi connectivity index (χ4n) is 0.690. The zero-order chi connectivity index (χ0) is 9.90. The third-order valence-corrected chi connectivity index (χ3v) is 1.88. The molecule has 0 radical (unpaired) electrons. The molecule has 0 aliphatic rings. The molecule has 6 nitrogen and oxygen atoms in total. The average Bonchev–Trinajstić information content (AvgIpc) is 2.50. The number of nitrogens with one attached hydrogen (secondary N) is 1. The molecule has 0 unspecified atom stereocenters. The summed E-state index contributed by atoms with van der Waals surface area (Å²) in [6, 6.07) is 3.05. The second kappa shape index (κ2) is 3.74. The smallest absolute Gasteiger partial charge is 0.287 e. The van der Waals surface area contributed by atoms with Gasteiger partial charge in [-0.1, -0.05) is 0 Å². The minimum atomic E-state index is -3.19. The Morgan fingerprint density at radius 1 is 1.62 bits per heavy atom. The summed E-state index contributed by atoms with van der Waals surface area (Å²) in [5.41, 5.74) is 10.1. The summed E-state index contributed by atoms with van der Waals surface area (Å²) >= 11 is 0. The Morgan fingerprint density at radius 2 is 2.31 bits per heavy atom. The lowest BCUT2D eigenvalue weighted by Gasteiger charge is -2.06. The average molecular weight is 203 g/mol. The number of carbonyl (C=O) groups is 1. The van der Waals surface area contributed by atoms with E-state index in [0.717, 1.165) is 0 Å². The lowest BCUT2D eigenvalue weighted by atomic mass is 10.4. The molecule has 0 saturated carbocycles. The molecule has 0 aliphatic carbocycles. The number of rotatable bonds is 3. The van der Waals surface area contributed by atoms with Crippen molar-refractivity contribution in [1.29, 1.82) is 0 Å². The van der Waals surface area contributed by atoms with Gasteiger partial charge in [0, 0.05) is 0 Å². The third kappa shape index (κ3) is 3.42. The summed E-state index contributed by atoms with van der Waals surface area (Å²) in [5.74, 6) is -0.352. The van der Waals surface area contributed by atoms with E-state index in [9.17, 15) is 9.36 Å². The molecule has 0 spiro atoms. The van der Waals surface area contributed by atoms with E-state index >= 15 is 0 Å². The molecule has 0 aliphatic heterocycles. The van der Waals surface area contributed by atoms with Crippen molar-refractivity contribution >= 4 is 13.4 Å². The van der Waals surface area contributed by atoms with Crippen molar-refractivity contribution in [2.24, 2.45) is 11.0 Å². The first-order valence-corrected chi connectivity index (χ1v) is 5.50. The van der Waals surface area contributed by atoms with E-state index in [0.29, 0.717) is 0 Å². The highest BCUT2D eigenvalue weighted by Gasteiger charge is 2.13. The summed E-state index contributed by atoms with van der Waals surface area (Å²) in [5, 5.41) is 2.28. The van der Waals surface area contributed by atoms with Gasteiger partial charge in [-0.15, -0.1) is 0 Å². The Labute approximate surface area is 74.7 Å². The van der Waals surface area contributed by atoms with Crippen LogP contribution in [0.4, 0.5) is 0 Å². The van der Waals surface area contributed by atoms with E-state index in [1.54, 1.807) is 6.07 Å². The van der Waals surface area contributed by atoms with Crippen molar-refractivity contribution in [3.63, 3.8) is 0 Å². The van der Waals surface area contributed by atoms with Crippen LogP contribution in [-0.2, 0) is 4.57 Å². The quantitative estimate of drug-likeness (QED) is 0.602. The van der Waals surface area contributed by atoms with E-state index in [1.807, 2.05) is 0 Å². The Kier molecular flexibility index (Phi) is 2.87. The van der Waals surface area contributed by atoms with Crippen LogP contribution in [0.25, 0.3) is 0 Å². The predicted octanol–water partition coefficient (Wildman–Crippen LogP) is 0.0774. The summed E-state index contributed by atoms with van der Waals surface area (Å²) < 4.78 is 15.6. The molecular weight excluding hydrogens is 193 g/mol. The van der Waals surface area contributed by atoms with Crippen molar-refractivity contribution in [3.05, 3.63) is 24.2 Å².